The zero-order valence-electron chi connectivity index (χ0n) is 16.5. The lowest BCUT2D eigenvalue weighted by molar-refractivity contribution is 0.0989. The molecule has 0 radical (unpaired) electrons. The van der Waals surface area contributed by atoms with E-state index in [-0.39, 0.29) is 10.8 Å². The molecule has 5 rings (SSSR count). The molecule has 3 aromatic rings. The van der Waals surface area contributed by atoms with Gasteiger partial charge in [0.15, 0.2) is 0 Å². The van der Waals surface area contributed by atoms with Crippen LogP contribution < -0.4 is 4.90 Å². The fourth-order valence-corrected chi connectivity index (χ4v) is 5.78. The van der Waals surface area contributed by atoms with Gasteiger partial charge in [-0.15, -0.1) is 0 Å². The highest BCUT2D eigenvalue weighted by Gasteiger charge is 2.30. The fraction of sp³-hybridized carbons (Fsp3) is 0.208. The summed E-state index contributed by atoms with van der Waals surface area (Å²) in [5.74, 6) is -0.166. The van der Waals surface area contributed by atoms with Crippen LogP contribution in [0.1, 0.15) is 27.0 Å². The van der Waals surface area contributed by atoms with Crippen molar-refractivity contribution >= 4 is 21.6 Å². The second-order valence-electron chi connectivity index (χ2n) is 7.72. The topological polar surface area (TPSA) is 57.7 Å². The predicted octanol–water partition coefficient (Wildman–Crippen LogP) is 3.64. The molecule has 0 saturated carbocycles. The van der Waals surface area contributed by atoms with Crippen molar-refractivity contribution in [2.45, 2.75) is 24.3 Å². The molecule has 0 spiro atoms. The SMILES string of the molecule is O=C(c1cccc(S(=O)(=O)N2CCc3ccccc3C2)c1)N1CCc2ccccc21. The number of sulfonamides is 1. The number of hydrogen-bond acceptors (Lipinski definition) is 3. The van der Waals surface area contributed by atoms with Crippen molar-refractivity contribution in [1.82, 2.24) is 4.31 Å². The van der Waals surface area contributed by atoms with Crippen molar-refractivity contribution in [3.63, 3.8) is 0 Å². The molecular formula is C24H22N2O3S. The summed E-state index contributed by atoms with van der Waals surface area (Å²) in [6.45, 7) is 1.41. The molecule has 6 heteroatoms. The van der Waals surface area contributed by atoms with Crippen LogP contribution in [-0.4, -0.2) is 31.7 Å². The minimum absolute atomic E-state index is 0.166. The van der Waals surface area contributed by atoms with Crippen LogP contribution in [0.3, 0.4) is 0 Å². The molecule has 3 aromatic carbocycles. The van der Waals surface area contributed by atoms with Crippen molar-refractivity contribution in [1.29, 1.82) is 0 Å². The van der Waals surface area contributed by atoms with Gasteiger partial charge in [-0.2, -0.15) is 4.31 Å². The number of hydrogen-bond donors (Lipinski definition) is 0. The molecule has 30 heavy (non-hydrogen) atoms. The zero-order valence-corrected chi connectivity index (χ0v) is 17.3. The van der Waals surface area contributed by atoms with E-state index in [2.05, 4.69) is 0 Å². The number of carbonyl (C=O) groups excluding carboxylic acids is 1. The Morgan fingerprint density at radius 3 is 2.30 bits per heavy atom. The zero-order chi connectivity index (χ0) is 20.7. The van der Waals surface area contributed by atoms with E-state index in [1.54, 1.807) is 23.1 Å². The fourth-order valence-electron chi connectivity index (χ4n) is 4.32. The second kappa shape index (κ2) is 7.38. The Kier molecular flexibility index (Phi) is 4.68. The van der Waals surface area contributed by atoms with E-state index in [0.717, 1.165) is 23.2 Å². The van der Waals surface area contributed by atoms with Crippen LogP contribution in [0.25, 0.3) is 0 Å². The Morgan fingerprint density at radius 1 is 0.767 bits per heavy atom. The molecular weight excluding hydrogens is 396 g/mol. The monoisotopic (exact) mass is 418 g/mol. The van der Waals surface area contributed by atoms with Gasteiger partial charge >= 0.3 is 0 Å². The molecule has 0 fully saturated rings. The average Bonchev–Trinajstić information content (AvgIpc) is 3.22. The second-order valence-corrected chi connectivity index (χ2v) is 9.66. The molecule has 152 valence electrons. The van der Waals surface area contributed by atoms with Gasteiger partial charge in [0.05, 0.1) is 4.90 Å². The highest BCUT2D eigenvalue weighted by molar-refractivity contribution is 7.89. The first-order valence-electron chi connectivity index (χ1n) is 10.1. The quantitative estimate of drug-likeness (QED) is 0.653. The Bertz CT molecular complexity index is 1240. The maximum atomic E-state index is 13.3. The molecule has 2 heterocycles. The summed E-state index contributed by atoms with van der Waals surface area (Å²) in [6.07, 6.45) is 1.51. The summed E-state index contributed by atoms with van der Waals surface area (Å²) in [7, 11) is -3.68. The molecule has 2 aliphatic rings. The van der Waals surface area contributed by atoms with Crippen LogP contribution >= 0.6 is 0 Å². The maximum Gasteiger partial charge on any atom is 0.258 e. The molecule has 0 aromatic heterocycles. The molecule has 0 aliphatic carbocycles. The van der Waals surface area contributed by atoms with Gasteiger partial charge in [-0.3, -0.25) is 4.79 Å². The molecule has 0 atom stereocenters. The third kappa shape index (κ3) is 3.22. The lowest BCUT2D eigenvalue weighted by Gasteiger charge is -2.28. The summed E-state index contributed by atoms with van der Waals surface area (Å²) in [4.78, 5) is 15.0. The number of rotatable bonds is 3. The van der Waals surface area contributed by atoms with Gasteiger partial charge in [-0.1, -0.05) is 48.5 Å². The maximum absolute atomic E-state index is 13.3. The van der Waals surface area contributed by atoms with Crippen LogP contribution in [-0.2, 0) is 29.4 Å². The molecule has 5 nitrogen and oxygen atoms in total. The Labute approximate surface area is 176 Å². The van der Waals surface area contributed by atoms with Gasteiger partial charge in [0.25, 0.3) is 5.91 Å². The molecule has 0 unspecified atom stereocenters. The molecule has 0 bridgehead atoms. The number of fused-ring (bicyclic) bond motifs is 2. The highest BCUT2D eigenvalue weighted by atomic mass is 32.2. The minimum atomic E-state index is -3.68. The summed E-state index contributed by atoms with van der Waals surface area (Å²) in [5.41, 5.74) is 4.67. The van der Waals surface area contributed by atoms with Gasteiger partial charge in [-0.05, 0) is 53.8 Å². The van der Waals surface area contributed by atoms with Gasteiger partial charge in [-0.25, -0.2) is 8.42 Å². The summed E-state index contributed by atoms with van der Waals surface area (Å²) < 4.78 is 28.1. The standard InChI is InChI=1S/C24H22N2O3S/c27-24(26-15-13-19-7-3-4-11-23(19)26)20-9-5-10-22(16-20)30(28,29)25-14-12-18-6-1-2-8-21(18)17-25/h1-11,16H,12-15,17H2. The Hall–Kier alpha value is -2.96. The predicted molar refractivity (Wildman–Crippen MR) is 116 cm³/mol. The van der Waals surface area contributed by atoms with Crippen LogP contribution in [0, 0.1) is 0 Å². The van der Waals surface area contributed by atoms with Crippen LogP contribution in [0.2, 0.25) is 0 Å². The van der Waals surface area contributed by atoms with E-state index in [9.17, 15) is 13.2 Å². The third-order valence-electron chi connectivity index (χ3n) is 5.95. The van der Waals surface area contributed by atoms with Crippen molar-refractivity contribution < 1.29 is 13.2 Å². The molecule has 2 aliphatic heterocycles. The summed E-state index contributed by atoms with van der Waals surface area (Å²) in [6, 6.07) is 22.2. The number of para-hydroxylation sites is 1. The van der Waals surface area contributed by atoms with Crippen molar-refractivity contribution in [2.24, 2.45) is 0 Å². The first-order valence-corrected chi connectivity index (χ1v) is 11.5. The van der Waals surface area contributed by atoms with Crippen molar-refractivity contribution in [3.8, 4) is 0 Å². The number of nitrogens with zero attached hydrogens (tertiary/aromatic N) is 2. The number of anilines is 1. The lowest BCUT2D eigenvalue weighted by atomic mass is 10.0. The van der Waals surface area contributed by atoms with Gasteiger partial charge in [0.1, 0.15) is 0 Å². The smallest absolute Gasteiger partial charge is 0.258 e. The first kappa shape index (κ1) is 19.0. The number of benzene rings is 3. The Balaban J connectivity index is 1.43. The normalized spacial score (nSPS) is 16.2. The largest absolute Gasteiger partial charge is 0.308 e. The van der Waals surface area contributed by atoms with Crippen molar-refractivity contribution in [3.05, 3.63) is 95.1 Å². The van der Waals surface area contributed by atoms with Crippen LogP contribution in [0.15, 0.2) is 77.7 Å². The van der Waals surface area contributed by atoms with E-state index in [1.165, 1.54) is 15.9 Å². The minimum Gasteiger partial charge on any atom is -0.308 e. The highest BCUT2D eigenvalue weighted by Crippen LogP contribution is 2.30. The van der Waals surface area contributed by atoms with Gasteiger partial charge < -0.3 is 4.90 Å². The molecule has 0 saturated heterocycles. The van der Waals surface area contributed by atoms with E-state index in [1.807, 2.05) is 48.5 Å². The molecule has 1 amide bonds. The van der Waals surface area contributed by atoms with E-state index < -0.39 is 10.0 Å². The van der Waals surface area contributed by atoms with Gasteiger partial charge in [0, 0.05) is 30.9 Å². The van der Waals surface area contributed by atoms with Crippen LogP contribution in [0.4, 0.5) is 5.69 Å². The average molecular weight is 419 g/mol. The first-order chi connectivity index (χ1) is 14.5. The van der Waals surface area contributed by atoms with Crippen molar-refractivity contribution in [2.75, 3.05) is 18.0 Å². The molecule has 0 N–H and O–H groups in total. The summed E-state index contributed by atoms with van der Waals surface area (Å²) in [5, 5.41) is 0. The van der Waals surface area contributed by atoms with E-state index in [4.69, 9.17) is 0 Å². The van der Waals surface area contributed by atoms with Gasteiger partial charge in [0.2, 0.25) is 10.0 Å². The lowest BCUT2D eigenvalue weighted by Crippen LogP contribution is -2.36. The number of amides is 1. The summed E-state index contributed by atoms with van der Waals surface area (Å²) >= 11 is 0. The van der Waals surface area contributed by atoms with Crippen LogP contribution in [0.5, 0.6) is 0 Å². The Morgan fingerprint density at radius 2 is 1.47 bits per heavy atom. The number of carbonyl (C=O) groups is 1. The van der Waals surface area contributed by atoms with E-state index >= 15 is 0 Å². The third-order valence-corrected chi connectivity index (χ3v) is 7.79. The van der Waals surface area contributed by atoms with E-state index in [0.29, 0.717) is 31.6 Å².